The summed E-state index contributed by atoms with van der Waals surface area (Å²) < 4.78 is 5.21. The predicted molar refractivity (Wildman–Crippen MR) is 52.4 cm³/mol. The number of rotatable bonds is 2. The van der Waals surface area contributed by atoms with Crippen molar-refractivity contribution in [3.05, 3.63) is 27.7 Å². The summed E-state index contributed by atoms with van der Waals surface area (Å²) in [6, 6.07) is 4.67. The molecular formula is C9H6BrNO3. The highest BCUT2D eigenvalue weighted by atomic mass is 79.9. The van der Waals surface area contributed by atoms with Gasteiger partial charge < -0.3 is 9.84 Å². The molecule has 0 aliphatic heterocycles. The molecule has 4 nitrogen and oxygen atoms in total. The van der Waals surface area contributed by atoms with Crippen LogP contribution in [0.15, 0.2) is 16.6 Å². The molecule has 0 aliphatic rings. The van der Waals surface area contributed by atoms with Crippen LogP contribution in [0.1, 0.15) is 15.9 Å². The largest absolute Gasteiger partial charge is 0.494 e. The summed E-state index contributed by atoms with van der Waals surface area (Å²) in [5.74, 6) is -0.827. The second kappa shape index (κ2) is 4.11. The number of ether oxygens (including phenoxy) is 1. The third-order valence-electron chi connectivity index (χ3n) is 1.65. The van der Waals surface area contributed by atoms with Crippen LogP contribution >= 0.6 is 15.9 Å². The van der Waals surface area contributed by atoms with Crippen LogP contribution in [0, 0.1) is 11.3 Å². The van der Waals surface area contributed by atoms with Gasteiger partial charge >= 0.3 is 5.97 Å². The van der Waals surface area contributed by atoms with Crippen LogP contribution in [0.4, 0.5) is 0 Å². The monoisotopic (exact) mass is 255 g/mol. The maximum atomic E-state index is 10.7. The molecule has 14 heavy (non-hydrogen) atoms. The fraction of sp³-hybridized carbons (Fsp3) is 0.111. The molecule has 0 bridgehead atoms. The number of hydrogen-bond acceptors (Lipinski definition) is 3. The van der Waals surface area contributed by atoms with E-state index in [0.29, 0.717) is 5.56 Å². The number of aromatic carboxylic acids is 1. The van der Waals surface area contributed by atoms with Gasteiger partial charge in [0.05, 0.1) is 22.7 Å². The number of carbonyl (C=O) groups is 1. The number of methoxy groups -OCH3 is 1. The smallest absolute Gasteiger partial charge is 0.336 e. The second-order valence-electron chi connectivity index (χ2n) is 2.42. The highest BCUT2D eigenvalue weighted by Gasteiger charge is 2.15. The van der Waals surface area contributed by atoms with E-state index in [4.69, 9.17) is 15.1 Å². The molecule has 0 saturated heterocycles. The molecule has 5 heteroatoms. The molecule has 0 saturated carbocycles. The van der Waals surface area contributed by atoms with Gasteiger partial charge in [0.2, 0.25) is 0 Å². The summed E-state index contributed by atoms with van der Waals surface area (Å²) in [5.41, 5.74) is 0.366. The lowest BCUT2D eigenvalue weighted by Gasteiger charge is -2.07. The van der Waals surface area contributed by atoms with E-state index in [1.807, 2.05) is 6.07 Å². The topological polar surface area (TPSA) is 70.3 Å². The molecule has 0 fully saturated rings. The Labute approximate surface area is 88.9 Å². The number of nitrogens with zero attached hydrogens (tertiary/aromatic N) is 1. The van der Waals surface area contributed by atoms with Gasteiger partial charge in [-0.15, -0.1) is 0 Å². The SMILES string of the molecule is COc1c(C#N)ccc(C(=O)O)c1Br. The quantitative estimate of drug-likeness (QED) is 0.878. The van der Waals surface area contributed by atoms with Crippen molar-refractivity contribution in [3.63, 3.8) is 0 Å². The van der Waals surface area contributed by atoms with Gasteiger partial charge in [-0.3, -0.25) is 0 Å². The predicted octanol–water partition coefficient (Wildman–Crippen LogP) is 2.03. The zero-order chi connectivity index (χ0) is 10.7. The molecule has 1 aromatic carbocycles. The summed E-state index contributed by atoms with van der Waals surface area (Å²) in [5, 5.41) is 17.5. The Bertz CT molecular complexity index is 423. The zero-order valence-corrected chi connectivity index (χ0v) is 8.83. The summed E-state index contributed by atoms with van der Waals surface area (Å²) in [6.07, 6.45) is 0. The van der Waals surface area contributed by atoms with Crippen LogP contribution in [0.3, 0.4) is 0 Å². The van der Waals surface area contributed by atoms with Gasteiger partial charge in [0, 0.05) is 0 Å². The minimum Gasteiger partial charge on any atom is -0.494 e. The Morgan fingerprint density at radius 3 is 2.71 bits per heavy atom. The van der Waals surface area contributed by atoms with Gasteiger partial charge in [0.15, 0.2) is 5.75 Å². The van der Waals surface area contributed by atoms with Crippen molar-refractivity contribution < 1.29 is 14.6 Å². The van der Waals surface area contributed by atoms with Crippen LogP contribution in [-0.4, -0.2) is 18.2 Å². The number of hydrogen-bond donors (Lipinski definition) is 1. The van der Waals surface area contributed by atoms with Gasteiger partial charge in [-0.1, -0.05) is 0 Å². The van der Waals surface area contributed by atoms with Crippen molar-refractivity contribution in [2.24, 2.45) is 0 Å². The van der Waals surface area contributed by atoms with Gasteiger partial charge in [-0.2, -0.15) is 5.26 Å². The maximum absolute atomic E-state index is 10.7. The summed E-state index contributed by atoms with van der Waals surface area (Å²) in [7, 11) is 1.38. The van der Waals surface area contributed by atoms with Crippen LogP contribution in [0.5, 0.6) is 5.75 Å². The number of halogens is 1. The molecule has 0 spiro atoms. The Morgan fingerprint density at radius 1 is 1.64 bits per heavy atom. The molecule has 1 N–H and O–H groups in total. The van der Waals surface area contributed by atoms with Gasteiger partial charge in [0.25, 0.3) is 0 Å². The van der Waals surface area contributed by atoms with E-state index in [1.54, 1.807) is 0 Å². The molecule has 0 aliphatic carbocycles. The summed E-state index contributed by atoms with van der Waals surface area (Å²) in [6.45, 7) is 0. The van der Waals surface area contributed by atoms with E-state index in [1.165, 1.54) is 19.2 Å². The Kier molecular flexibility index (Phi) is 3.10. The molecule has 0 aromatic heterocycles. The Hall–Kier alpha value is -1.54. The highest BCUT2D eigenvalue weighted by molar-refractivity contribution is 9.10. The normalized spacial score (nSPS) is 9.21. The summed E-state index contributed by atoms with van der Waals surface area (Å²) >= 11 is 3.08. The zero-order valence-electron chi connectivity index (χ0n) is 7.24. The lowest BCUT2D eigenvalue weighted by Crippen LogP contribution is -2.00. The van der Waals surface area contributed by atoms with E-state index in [9.17, 15) is 4.79 Å². The Morgan fingerprint density at radius 2 is 2.29 bits per heavy atom. The van der Waals surface area contributed by atoms with E-state index >= 15 is 0 Å². The number of benzene rings is 1. The third-order valence-corrected chi connectivity index (χ3v) is 2.44. The van der Waals surface area contributed by atoms with E-state index in [0.717, 1.165) is 0 Å². The van der Waals surface area contributed by atoms with Crippen molar-refractivity contribution in [3.8, 4) is 11.8 Å². The number of nitriles is 1. The lowest BCUT2D eigenvalue weighted by atomic mass is 10.1. The van der Waals surface area contributed by atoms with Crippen LogP contribution in [0.25, 0.3) is 0 Å². The van der Waals surface area contributed by atoms with E-state index in [-0.39, 0.29) is 15.8 Å². The fourth-order valence-corrected chi connectivity index (χ4v) is 1.69. The average Bonchev–Trinajstić information content (AvgIpc) is 2.16. The molecule has 1 rings (SSSR count). The number of carboxylic acid groups (broad SMARTS) is 1. The van der Waals surface area contributed by atoms with E-state index < -0.39 is 5.97 Å². The molecular weight excluding hydrogens is 250 g/mol. The van der Waals surface area contributed by atoms with Gasteiger partial charge in [-0.05, 0) is 28.1 Å². The fourth-order valence-electron chi connectivity index (χ4n) is 1.01. The van der Waals surface area contributed by atoms with Crippen molar-refractivity contribution in [1.29, 1.82) is 5.26 Å². The second-order valence-corrected chi connectivity index (χ2v) is 3.22. The maximum Gasteiger partial charge on any atom is 0.336 e. The number of carboxylic acids is 1. The average molecular weight is 256 g/mol. The molecule has 0 atom stereocenters. The third kappa shape index (κ3) is 1.70. The first-order valence-electron chi connectivity index (χ1n) is 3.61. The first-order valence-corrected chi connectivity index (χ1v) is 4.41. The molecule has 1 aromatic rings. The molecule has 0 amide bonds. The van der Waals surface area contributed by atoms with Crippen molar-refractivity contribution in [2.45, 2.75) is 0 Å². The van der Waals surface area contributed by atoms with Crippen LogP contribution in [-0.2, 0) is 0 Å². The minimum atomic E-state index is -1.07. The molecule has 0 radical (unpaired) electrons. The van der Waals surface area contributed by atoms with Crippen molar-refractivity contribution in [1.82, 2.24) is 0 Å². The van der Waals surface area contributed by atoms with Gasteiger partial charge in [0.1, 0.15) is 6.07 Å². The van der Waals surface area contributed by atoms with Crippen molar-refractivity contribution in [2.75, 3.05) is 7.11 Å². The molecule has 72 valence electrons. The molecule has 0 heterocycles. The Balaban J connectivity index is 3.44. The minimum absolute atomic E-state index is 0.0702. The molecule has 0 unspecified atom stereocenters. The van der Waals surface area contributed by atoms with Gasteiger partial charge in [-0.25, -0.2) is 4.79 Å². The highest BCUT2D eigenvalue weighted by Crippen LogP contribution is 2.31. The first-order chi connectivity index (χ1) is 6.61. The van der Waals surface area contributed by atoms with Crippen LogP contribution < -0.4 is 4.74 Å². The van der Waals surface area contributed by atoms with Crippen LogP contribution in [0.2, 0.25) is 0 Å². The standard InChI is InChI=1S/C9H6BrNO3/c1-14-8-5(4-11)2-3-6(7(8)10)9(12)13/h2-3H,1H3,(H,12,13). The first kappa shape index (κ1) is 10.5. The summed E-state index contributed by atoms with van der Waals surface area (Å²) in [4.78, 5) is 10.7. The van der Waals surface area contributed by atoms with Crippen molar-refractivity contribution >= 4 is 21.9 Å². The van der Waals surface area contributed by atoms with E-state index in [2.05, 4.69) is 15.9 Å². The lowest BCUT2D eigenvalue weighted by molar-refractivity contribution is 0.0695.